The van der Waals surface area contributed by atoms with E-state index in [2.05, 4.69) is 6.07 Å². The lowest BCUT2D eigenvalue weighted by atomic mass is 9.97. The highest BCUT2D eigenvalue weighted by Gasteiger charge is 2.24. The maximum absolute atomic E-state index is 13.9. The van der Waals surface area contributed by atoms with Gasteiger partial charge in [-0.2, -0.15) is 5.26 Å². The summed E-state index contributed by atoms with van der Waals surface area (Å²) in [6.07, 6.45) is 1.41. The highest BCUT2D eigenvalue weighted by atomic mass is 19.1. The van der Waals surface area contributed by atoms with Gasteiger partial charge in [-0.15, -0.1) is 0 Å². The molecule has 0 atom stereocenters. The zero-order chi connectivity index (χ0) is 14.7. The number of halogens is 1. The van der Waals surface area contributed by atoms with Crippen LogP contribution in [0.3, 0.4) is 0 Å². The molecule has 0 spiro atoms. The Morgan fingerprint density at radius 1 is 1.40 bits per heavy atom. The SMILES string of the molecule is CC(C)c1ccc(C(=O)N2CCC(C#N)CC2)cc1F. The van der Waals surface area contributed by atoms with E-state index >= 15 is 0 Å². The van der Waals surface area contributed by atoms with Crippen LogP contribution < -0.4 is 0 Å². The van der Waals surface area contributed by atoms with Gasteiger partial charge in [-0.25, -0.2) is 4.39 Å². The van der Waals surface area contributed by atoms with Crippen LogP contribution in [0.25, 0.3) is 0 Å². The second kappa shape index (κ2) is 6.04. The number of hydrogen-bond donors (Lipinski definition) is 0. The number of carbonyl (C=O) groups excluding carboxylic acids is 1. The van der Waals surface area contributed by atoms with E-state index in [0.717, 1.165) is 0 Å². The lowest BCUT2D eigenvalue weighted by Gasteiger charge is -2.29. The first-order valence-electron chi connectivity index (χ1n) is 7.01. The van der Waals surface area contributed by atoms with Crippen molar-refractivity contribution in [3.05, 3.63) is 35.1 Å². The summed E-state index contributed by atoms with van der Waals surface area (Å²) in [5.74, 6) is -0.321. The van der Waals surface area contributed by atoms with Gasteiger partial charge in [0.25, 0.3) is 5.91 Å². The van der Waals surface area contributed by atoms with Crippen LogP contribution >= 0.6 is 0 Å². The number of hydrogen-bond acceptors (Lipinski definition) is 2. The first kappa shape index (κ1) is 14.5. The fourth-order valence-corrected chi connectivity index (χ4v) is 2.52. The maximum atomic E-state index is 13.9. The van der Waals surface area contributed by atoms with Crippen LogP contribution in [0.1, 0.15) is 48.5 Å². The molecular weight excluding hydrogens is 255 g/mol. The summed E-state index contributed by atoms with van der Waals surface area (Å²) >= 11 is 0. The Balaban J connectivity index is 2.11. The monoisotopic (exact) mass is 274 g/mol. The zero-order valence-electron chi connectivity index (χ0n) is 11.9. The van der Waals surface area contributed by atoms with Crippen molar-refractivity contribution < 1.29 is 9.18 Å². The average Bonchev–Trinajstić information content (AvgIpc) is 2.46. The van der Waals surface area contributed by atoms with Gasteiger partial charge >= 0.3 is 0 Å². The van der Waals surface area contributed by atoms with Gasteiger partial charge in [0, 0.05) is 24.6 Å². The molecule has 4 heteroatoms. The second-order valence-corrected chi connectivity index (χ2v) is 5.59. The molecule has 106 valence electrons. The van der Waals surface area contributed by atoms with Gasteiger partial charge in [0.2, 0.25) is 0 Å². The molecule has 1 aliphatic rings. The van der Waals surface area contributed by atoms with Crippen LogP contribution in [0.15, 0.2) is 18.2 Å². The minimum absolute atomic E-state index is 0.0408. The molecule has 1 heterocycles. The van der Waals surface area contributed by atoms with Crippen LogP contribution in [0, 0.1) is 23.1 Å². The summed E-state index contributed by atoms with van der Waals surface area (Å²) in [6.45, 7) is 4.99. The largest absolute Gasteiger partial charge is 0.339 e. The van der Waals surface area contributed by atoms with Crippen LogP contribution in [0.4, 0.5) is 4.39 Å². The number of likely N-dealkylation sites (tertiary alicyclic amines) is 1. The molecule has 1 fully saturated rings. The molecule has 0 aliphatic carbocycles. The third-order valence-electron chi connectivity index (χ3n) is 3.83. The summed E-state index contributed by atoms with van der Waals surface area (Å²) in [7, 11) is 0. The highest BCUT2D eigenvalue weighted by Crippen LogP contribution is 2.22. The second-order valence-electron chi connectivity index (χ2n) is 5.59. The van der Waals surface area contributed by atoms with Gasteiger partial charge in [0.1, 0.15) is 5.82 Å². The van der Waals surface area contributed by atoms with E-state index in [1.165, 1.54) is 6.07 Å². The molecule has 2 rings (SSSR count). The fourth-order valence-electron chi connectivity index (χ4n) is 2.52. The molecule has 0 saturated carbocycles. The molecule has 0 unspecified atom stereocenters. The summed E-state index contributed by atoms with van der Waals surface area (Å²) in [5, 5.41) is 8.85. The van der Waals surface area contributed by atoms with Crippen molar-refractivity contribution in [2.45, 2.75) is 32.6 Å². The van der Waals surface area contributed by atoms with Gasteiger partial charge < -0.3 is 4.90 Å². The molecule has 20 heavy (non-hydrogen) atoms. The summed E-state index contributed by atoms with van der Waals surface area (Å²) in [4.78, 5) is 14.0. The normalized spacial score (nSPS) is 16.2. The molecule has 0 N–H and O–H groups in total. The maximum Gasteiger partial charge on any atom is 0.253 e. The Bertz CT molecular complexity index is 540. The van der Waals surface area contributed by atoms with Gasteiger partial charge in [0.05, 0.1) is 6.07 Å². The minimum Gasteiger partial charge on any atom is -0.339 e. The number of nitriles is 1. The van der Waals surface area contributed by atoms with E-state index in [1.54, 1.807) is 17.0 Å². The smallest absolute Gasteiger partial charge is 0.253 e. The standard InChI is InChI=1S/C16H19FN2O/c1-11(2)14-4-3-13(9-15(14)17)16(20)19-7-5-12(10-18)6-8-19/h3-4,9,11-12H,5-8H2,1-2H3. The molecule has 1 amide bonds. The summed E-state index contributed by atoms with van der Waals surface area (Å²) in [6, 6.07) is 6.94. The topological polar surface area (TPSA) is 44.1 Å². The molecule has 0 aromatic heterocycles. The van der Waals surface area contributed by atoms with E-state index < -0.39 is 0 Å². The molecule has 3 nitrogen and oxygen atoms in total. The van der Waals surface area contributed by atoms with Crippen molar-refractivity contribution in [3.63, 3.8) is 0 Å². The number of nitrogens with zero attached hydrogens (tertiary/aromatic N) is 2. The third kappa shape index (κ3) is 2.98. The number of rotatable bonds is 2. The van der Waals surface area contributed by atoms with Crippen LogP contribution in [-0.2, 0) is 0 Å². The van der Waals surface area contributed by atoms with Gasteiger partial charge in [-0.05, 0) is 36.5 Å². The lowest BCUT2D eigenvalue weighted by molar-refractivity contribution is 0.0706. The molecule has 1 aromatic carbocycles. The Morgan fingerprint density at radius 2 is 2.05 bits per heavy atom. The van der Waals surface area contributed by atoms with Crippen LogP contribution in [0.5, 0.6) is 0 Å². The Hall–Kier alpha value is -1.89. The van der Waals surface area contributed by atoms with E-state index in [-0.39, 0.29) is 23.6 Å². The van der Waals surface area contributed by atoms with E-state index in [4.69, 9.17) is 5.26 Å². The van der Waals surface area contributed by atoms with Crippen LogP contribution in [0.2, 0.25) is 0 Å². The summed E-state index contributed by atoms with van der Waals surface area (Å²) < 4.78 is 13.9. The first-order chi connectivity index (χ1) is 9.52. The number of amides is 1. The Kier molecular flexibility index (Phi) is 4.39. The lowest BCUT2D eigenvalue weighted by Crippen LogP contribution is -2.38. The molecule has 0 radical (unpaired) electrons. The van der Waals surface area contributed by atoms with Crippen molar-refractivity contribution >= 4 is 5.91 Å². The average molecular weight is 274 g/mol. The molecule has 1 aromatic rings. The molecular formula is C16H19FN2O. The fraction of sp³-hybridized carbons (Fsp3) is 0.500. The van der Waals surface area contributed by atoms with Gasteiger partial charge in [0.15, 0.2) is 0 Å². The predicted molar refractivity (Wildman–Crippen MR) is 74.7 cm³/mol. The third-order valence-corrected chi connectivity index (χ3v) is 3.83. The zero-order valence-corrected chi connectivity index (χ0v) is 11.9. The summed E-state index contributed by atoms with van der Waals surface area (Å²) in [5.41, 5.74) is 1.02. The van der Waals surface area contributed by atoms with Crippen molar-refractivity contribution in [1.82, 2.24) is 4.90 Å². The number of carbonyl (C=O) groups is 1. The number of piperidine rings is 1. The quantitative estimate of drug-likeness (QED) is 0.830. The molecule has 1 aliphatic heterocycles. The Morgan fingerprint density at radius 3 is 2.55 bits per heavy atom. The van der Waals surface area contributed by atoms with Gasteiger partial charge in [-0.1, -0.05) is 19.9 Å². The number of benzene rings is 1. The van der Waals surface area contributed by atoms with Crippen molar-refractivity contribution in [1.29, 1.82) is 5.26 Å². The van der Waals surface area contributed by atoms with Crippen LogP contribution in [-0.4, -0.2) is 23.9 Å². The highest BCUT2D eigenvalue weighted by molar-refractivity contribution is 5.94. The van der Waals surface area contributed by atoms with E-state index in [9.17, 15) is 9.18 Å². The predicted octanol–water partition coefficient (Wildman–Crippen LogP) is 3.32. The van der Waals surface area contributed by atoms with E-state index in [1.807, 2.05) is 13.8 Å². The Labute approximate surface area is 119 Å². The van der Waals surface area contributed by atoms with Crippen molar-refractivity contribution in [3.8, 4) is 6.07 Å². The van der Waals surface area contributed by atoms with E-state index in [0.29, 0.717) is 37.1 Å². The molecule has 1 saturated heterocycles. The van der Waals surface area contributed by atoms with Crippen molar-refractivity contribution in [2.24, 2.45) is 5.92 Å². The van der Waals surface area contributed by atoms with Crippen molar-refractivity contribution in [2.75, 3.05) is 13.1 Å². The molecule has 0 bridgehead atoms. The first-order valence-corrected chi connectivity index (χ1v) is 7.01. The minimum atomic E-state index is -0.322. The van der Waals surface area contributed by atoms with Gasteiger partial charge in [-0.3, -0.25) is 4.79 Å².